The molecule has 0 amide bonds. The Labute approximate surface area is 125 Å². The van der Waals surface area contributed by atoms with E-state index in [0.717, 1.165) is 36.4 Å². The number of hydrogen-bond donors (Lipinski definition) is 1. The second kappa shape index (κ2) is 6.23. The smallest absolute Gasteiger partial charge is 0.165 e. The van der Waals surface area contributed by atoms with E-state index in [0.29, 0.717) is 31.3 Å². The predicted molar refractivity (Wildman–Crippen MR) is 80.5 cm³/mol. The van der Waals surface area contributed by atoms with E-state index in [-0.39, 0.29) is 5.92 Å². The number of hydrogen-bond acceptors (Lipinski definition) is 5. The summed E-state index contributed by atoms with van der Waals surface area (Å²) in [6.07, 6.45) is 1.66. The second-order valence-electron chi connectivity index (χ2n) is 5.69. The Kier molecular flexibility index (Phi) is 4.35. The molecule has 0 aromatic heterocycles. The van der Waals surface area contributed by atoms with Gasteiger partial charge in [0.15, 0.2) is 21.3 Å². The van der Waals surface area contributed by atoms with Gasteiger partial charge in [-0.2, -0.15) is 0 Å². The molecule has 6 heteroatoms. The van der Waals surface area contributed by atoms with Crippen molar-refractivity contribution in [1.29, 1.82) is 0 Å². The molecule has 0 saturated carbocycles. The molecule has 1 unspecified atom stereocenters. The van der Waals surface area contributed by atoms with Crippen LogP contribution in [0, 0.1) is 5.92 Å². The summed E-state index contributed by atoms with van der Waals surface area (Å²) in [4.78, 5) is 0. The molecule has 21 heavy (non-hydrogen) atoms. The Balaban J connectivity index is 1.58. The first kappa shape index (κ1) is 14.7. The van der Waals surface area contributed by atoms with Crippen molar-refractivity contribution in [3.8, 4) is 11.5 Å². The van der Waals surface area contributed by atoms with E-state index in [4.69, 9.17) is 9.47 Å². The minimum absolute atomic E-state index is 0.231. The van der Waals surface area contributed by atoms with Crippen LogP contribution in [0.15, 0.2) is 18.2 Å². The van der Waals surface area contributed by atoms with E-state index in [1.165, 1.54) is 0 Å². The van der Waals surface area contributed by atoms with Crippen LogP contribution >= 0.6 is 0 Å². The molecule has 5 nitrogen and oxygen atoms in total. The minimum atomic E-state index is -2.79. The van der Waals surface area contributed by atoms with Gasteiger partial charge in [-0.3, -0.25) is 0 Å². The van der Waals surface area contributed by atoms with Crippen molar-refractivity contribution in [3.63, 3.8) is 0 Å². The number of rotatable bonds is 4. The number of ether oxygens (including phenoxy) is 2. The normalized spacial score (nSPS) is 23.7. The highest BCUT2D eigenvalue weighted by Gasteiger charge is 2.27. The van der Waals surface area contributed by atoms with Crippen molar-refractivity contribution in [2.24, 2.45) is 5.92 Å². The molecule has 2 heterocycles. The average molecular weight is 311 g/mol. The lowest BCUT2D eigenvalue weighted by atomic mass is 10.1. The Bertz CT molecular complexity index is 600. The van der Waals surface area contributed by atoms with Gasteiger partial charge < -0.3 is 14.8 Å². The van der Waals surface area contributed by atoms with E-state index in [2.05, 4.69) is 5.32 Å². The molecule has 1 fully saturated rings. The Morgan fingerprint density at radius 3 is 2.90 bits per heavy atom. The lowest BCUT2D eigenvalue weighted by Gasteiger charge is -2.14. The highest BCUT2D eigenvalue weighted by atomic mass is 32.2. The third kappa shape index (κ3) is 3.68. The van der Waals surface area contributed by atoms with E-state index in [1.54, 1.807) is 0 Å². The van der Waals surface area contributed by atoms with Crippen LogP contribution in [0.3, 0.4) is 0 Å². The van der Waals surface area contributed by atoms with Gasteiger partial charge in [-0.15, -0.1) is 0 Å². The van der Waals surface area contributed by atoms with Gasteiger partial charge in [-0.25, -0.2) is 8.42 Å². The summed E-state index contributed by atoms with van der Waals surface area (Å²) in [5.41, 5.74) is 1.07. The van der Waals surface area contributed by atoms with Crippen molar-refractivity contribution in [2.75, 3.05) is 31.3 Å². The topological polar surface area (TPSA) is 64.6 Å². The Morgan fingerprint density at radius 2 is 2.10 bits per heavy atom. The van der Waals surface area contributed by atoms with Gasteiger partial charge in [0, 0.05) is 18.5 Å². The molecule has 0 aliphatic carbocycles. The fraction of sp³-hybridized carbons (Fsp3) is 0.600. The van der Waals surface area contributed by atoms with Gasteiger partial charge in [-0.05, 0) is 24.9 Å². The maximum absolute atomic E-state index is 11.4. The summed E-state index contributed by atoms with van der Waals surface area (Å²) in [5.74, 6) is 2.50. The summed E-state index contributed by atoms with van der Waals surface area (Å²) in [6.45, 7) is 2.75. The van der Waals surface area contributed by atoms with Crippen molar-refractivity contribution in [2.45, 2.75) is 19.4 Å². The molecule has 2 aliphatic rings. The monoisotopic (exact) mass is 311 g/mol. The first-order valence-corrected chi connectivity index (χ1v) is 9.25. The van der Waals surface area contributed by atoms with E-state index in [1.807, 2.05) is 18.2 Å². The summed E-state index contributed by atoms with van der Waals surface area (Å²) < 4.78 is 34.3. The van der Waals surface area contributed by atoms with Crippen LogP contribution < -0.4 is 14.8 Å². The number of sulfone groups is 1. The molecule has 116 valence electrons. The van der Waals surface area contributed by atoms with Gasteiger partial charge in [0.05, 0.1) is 24.7 Å². The van der Waals surface area contributed by atoms with Crippen molar-refractivity contribution in [3.05, 3.63) is 23.8 Å². The summed E-state index contributed by atoms with van der Waals surface area (Å²) in [5, 5.41) is 3.35. The standard InChI is InChI=1S/C15H21NO4S/c17-21(18)8-5-12(11-21)9-16-10-13-3-1-4-14-15(13)20-7-2-6-19-14/h1,3-4,12,16H,2,5-11H2. The second-order valence-corrected chi connectivity index (χ2v) is 7.92. The highest BCUT2D eigenvalue weighted by Crippen LogP contribution is 2.33. The van der Waals surface area contributed by atoms with Gasteiger partial charge in [0.2, 0.25) is 0 Å². The Hall–Kier alpha value is -1.27. The Morgan fingerprint density at radius 1 is 1.24 bits per heavy atom. The van der Waals surface area contributed by atoms with Crippen LogP contribution in [0.5, 0.6) is 11.5 Å². The lowest BCUT2D eigenvalue weighted by molar-refractivity contribution is 0.296. The number of para-hydroxylation sites is 1. The first-order chi connectivity index (χ1) is 10.1. The van der Waals surface area contributed by atoms with Gasteiger partial charge in [-0.1, -0.05) is 12.1 Å². The van der Waals surface area contributed by atoms with Gasteiger partial charge in [0.1, 0.15) is 0 Å². The van der Waals surface area contributed by atoms with E-state index >= 15 is 0 Å². The molecular formula is C15H21NO4S. The van der Waals surface area contributed by atoms with Crippen molar-refractivity contribution in [1.82, 2.24) is 5.32 Å². The maximum atomic E-state index is 11.4. The molecule has 1 aromatic carbocycles. The molecule has 1 N–H and O–H groups in total. The van der Waals surface area contributed by atoms with Crippen LogP contribution in [0.4, 0.5) is 0 Å². The molecular weight excluding hydrogens is 290 g/mol. The van der Waals surface area contributed by atoms with Crippen LogP contribution in [0.2, 0.25) is 0 Å². The highest BCUT2D eigenvalue weighted by molar-refractivity contribution is 7.91. The summed E-state index contributed by atoms with van der Waals surface area (Å²) >= 11 is 0. The van der Waals surface area contributed by atoms with Crippen molar-refractivity contribution >= 4 is 9.84 Å². The van der Waals surface area contributed by atoms with E-state index < -0.39 is 9.84 Å². The molecule has 0 bridgehead atoms. The quantitative estimate of drug-likeness (QED) is 0.910. The SMILES string of the molecule is O=S1(=O)CCC(CNCc2cccc3c2OCCCO3)C1. The largest absolute Gasteiger partial charge is 0.490 e. The van der Waals surface area contributed by atoms with Gasteiger partial charge in [0.25, 0.3) is 0 Å². The maximum Gasteiger partial charge on any atom is 0.165 e. The lowest BCUT2D eigenvalue weighted by Crippen LogP contribution is -2.23. The molecule has 1 atom stereocenters. The van der Waals surface area contributed by atoms with Gasteiger partial charge >= 0.3 is 0 Å². The average Bonchev–Trinajstić information content (AvgIpc) is 2.66. The zero-order chi connectivity index (χ0) is 14.7. The molecule has 1 saturated heterocycles. The molecule has 2 aliphatic heterocycles. The molecule has 3 rings (SSSR count). The number of fused-ring (bicyclic) bond motifs is 1. The van der Waals surface area contributed by atoms with Crippen LogP contribution in [0.1, 0.15) is 18.4 Å². The first-order valence-electron chi connectivity index (χ1n) is 7.43. The third-order valence-electron chi connectivity index (χ3n) is 3.93. The van der Waals surface area contributed by atoms with E-state index in [9.17, 15) is 8.42 Å². The summed E-state index contributed by atoms with van der Waals surface area (Å²) in [6, 6.07) is 5.91. The molecule has 0 radical (unpaired) electrons. The van der Waals surface area contributed by atoms with Crippen molar-refractivity contribution < 1.29 is 17.9 Å². The molecule has 1 aromatic rings. The minimum Gasteiger partial charge on any atom is -0.490 e. The predicted octanol–water partition coefficient (Wildman–Crippen LogP) is 1.37. The fourth-order valence-corrected chi connectivity index (χ4v) is 4.70. The van der Waals surface area contributed by atoms with Crippen LogP contribution in [-0.4, -0.2) is 39.7 Å². The molecule has 0 spiro atoms. The zero-order valence-electron chi connectivity index (χ0n) is 12.0. The van der Waals surface area contributed by atoms with Crippen LogP contribution in [0.25, 0.3) is 0 Å². The number of nitrogens with one attached hydrogen (secondary N) is 1. The fourth-order valence-electron chi connectivity index (χ4n) is 2.84. The zero-order valence-corrected chi connectivity index (χ0v) is 12.8. The summed E-state index contributed by atoms with van der Waals surface area (Å²) in [7, 11) is -2.79. The number of benzene rings is 1. The third-order valence-corrected chi connectivity index (χ3v) is 5.77. The van der Waals surface area contributed by atoms with Crippen LogP contribution in [-0.2, 0) is 16.4 Å².